The molecular formula is C21H19ClN2O3S. The van der Waals surface area contributed by atoms with Crippen molar-refractivity contribution in [2.24, 2.45) is 0 Å². The van der Waals surface area contributed by atoms with Crippen molar-refractivity contribution in [2.75, 3.05) is 16.2 Å². The van der Waals surface area contributed by atoms with E-state index in [0.29, 0.717) is 28.5 Å². The van der Waals surface area contributed by atoms with Gasteiger partial charge in [-0.3, -0.25) is 9.10 Å². The van der Waals surface area contributed by atoms with Crippen LogP contribution in [-0.4, -0.2) is 20.9 Å². The van der Waals surface area contributed by atoms with E-state index in [1.165, 1.54) is 16.4 Å². The predicted octanol–water partition coefficient (Wildman–Crippen LogP) is 4.81. The lowest BCUT2D eigenvalue weighted by Crippen LogP contribution is -2.30. The van der Waals surface area contributed by atoms with E-state index in [-0.39, 0.29) is 10.8 Å². The number of carbonyl (C=O) groups is 1. The summed E-state index contributed by atoms with van der Waals surface area (Å²) in [6, 6.07) is 21.5. The average molecular weight is 415 g/mol. The molecule has 3 aromatic carbocycles. The number of anilines is 2. The molecule has 0 radical (unpaired) electrons. The van der Waals surface area contributed by atoms with Crippen molar-refractivity contribution < 1.29 is 13.2 Å². The fraction of sp³-hybridized carbons (Fsp3) is 0.0952. The Morgan fingerprint density at radius 2 is 1.54 bits per heavy atom. The molecule has 1 N–H and O–H groups in total. The molecule has 0 aliphatic carbocycles. The van der Waals surface area contributed by atoms with Crippen molar-refractivity contribution >= 4 is 38.9 Å². The third-order valence-corrected chi connectivity index (χ3v) is 6.31. The van der Waals surface area contributed by atoms with E-state index in [9.17, 15) is 13.2 Å². The van der Waals surface area contributed by atoms with Crippen LogP contribution in [0.4, 0.5) is 11.4 Å². The van der Waals surface area contributed by atoms with Gasteiger partial charge in [0.1, 0.15) is 0 Å². The number of benzene rings is 3. The molecule has 0 saturated carbocycles. The number of sulfonamides is 1. The molecule has 0 aliphatic rings. The molecule has 1 amide bonds. The third kappa shape index (κ3) is 4.35. The zero-order chi connectivity index (χ0) is 20.1. The molecule has 0 saturated heterocycles. The average Bonchev–Trinajstić information content (AvgIpc) is 2.70. The molecule has 3 aromatic rings. The summed E-state index contributed by atoms with van der Waals surface area (Å²) in [6.07, 6.45) is 0. The van der Waals surface area contributed by atoms with Crippen molar-refractivity contribution in [3.63, 3.8) is 0 Å². The second-order valence-corrected chi connectivity index (χ2v) is 8.29. The minimum Gasteiger partial charge on any atom is -0.322 e. The SMILES string of the molecule is CCN(c1ccccc1)S(=O)(=O)c1ccc(NC(=O)c2ccc(Cl)cc2)cc1. The van der Waals surface area contributed by atoms with Crippen LogP contribution in [0.3, 0.4) is 0 Å². The first kappa shape index (κ1) is 19.9. The molecule has 144 valence electrons. The van der Waals surface area contributed by atoms with Crippen LogP contribution in [-0.2, 0) is 10.0 Å². The van der Waals surface area contributed by atoms with Gasteiger partial charge >= 0.3 is 0 Å². The number of carbonyl (C=O) groups excluding carboxylic acids is 1. The van der Waals surface area contributed by atoms with Crippen LogP contribution in [0.1, 0.15) is 17.3 Å². The van der Waals surface area contributed by atoms with Gasteiger partial charge in [-0.2, -0.15) is 0 Å². The summed E-state index contributed by atoms with van der Waals surface area (Å²) >= 11 is 5.83. The van der Waals surface area contributed by atoms with Crippen LogP contribution >= 0.6 is 11.6 Å². The summed E-state index contributed by atoms with van der Waals surface area (Å²) in [5.41, 5.74) is 1.56. The van der Waals surface area contributed by atoms with E-state index in [2.05, 4.69) is 5.32 Å². The standard InChI is InChI=1S/C21H19ClN2O3S/c1-2-24(19-6-4-3-5-7-19)28(26,27)20-14-12-18(13-15-20)23-21(25)16-8-10-17(22)11-9-16/h3-15H,2H2,1H3,(H,23,25). The van der Waals surface area contributed by atoms with Gasteiger partial charge < -0.3 is 5.32 Å². The van der Waals surface area contributed by atoms with Crippen molar-refractivity contribution in [3.8, 4) is 0 Å². The maximum absolute atomic E-state index is 13.0. The third-order valence-electron chi connectivity index (χ3n) is 4.14. The van der Waals surface area contributed by atoms with Gasteiger partial charge in [0.15, 0.2) is 0 Å². The highest BCUT2D eigenvalue weighted by Gasteiger charge is 2.23. The Hall–Kier alpha value is -2.83. The Balaban J connectivity index is 1.79. The monoisotopic (exact) mass is 414 g/mol. The zero-order valence-corrected chi connectivity index (χ0v) is 16.7. The number of halogens is 1. The maximum atomic E-state index is 13.0. The quantitative estimate of drug-likeness (QED) is 0.629. The van der Waals surface area contributed by atoms with Crippen molar-refractivity contribution in [1.82, 2.24) is 0 Å². The summed E-state index contributed by atoms with van der Waals surface area (Å²) in [5.74, 6) is -0.299. The van der Waals surface area contributed by atoms with Crippen LogP contribution in [0, 0.1) is 0 Å². The van der Waals surface area contributed by atoms with Gasteiger partial charge in [0, 0.05) is 22.8 Å². The number of para-hydroxylation sites is 1. The molecule has 0 fully saturated rings. The Morgan fingerprint density at radius 3 is 2.11 bits per heavy atom. The van der Waals surface area contributed by atoms with Crippen molar-refractivity contribution in [1.29, 1.82) is 0 Å². The Labute approximate surface area is 169 Å². The Kier molecular flexibility index (Phi) is 6.02. The summed E-state index contributed by atoms with van der Waals surface area (Å²) < 4.78 is 27.3. The smallest absolute Gasteiger partial charge is 0.264 e. The van der Waals surface area contributed by atoms with E-state index in [4.69, 9.17) is 11.6 Å². The molecule has 0 spiro atoms. The van der Waals surface area contributed by atoms with Gasteiger partial charge in [0.25, 0.3) is 15.9 Å². The summed E-state index contributed by atoms with van der Waals surface area (Å²) in [6.45, 7) is 2.09. The largest absolute Gasteiger partial charge is 0.322 e. The first-order valence-corrected chi connectivity index (χ1v) is 10.5. The molecule has 0 aliphatic heterocycles. The lowest BCUT2D eigenvalue weighted by molar-refractivity contribution is 0.102. The molecule has 3 rings (SSSR count). The Bertz CT molecular complexity index is 1050. The summed E-state index contributed by atoms with van der Waals surface area (Å²) in [4.78, 5) is 12.4. The normalized spacial score (nSPS) is 11.1. The van der Waals surface area contributed by atoms with Crippen LogP contribution in [0.15, 0.2) is 83.8 Å². The predicted molar refractivity (Wildman–Crippen MR) is 112 cm³/mol. The van der Waals surface area contributed by atoms with Gasteiger partial charge in [0.05, 0.1) is 10.6 Å². The molecule has 0 heterocycles. The molecule has 0 atom stereocenters. The maximum Gasteiger partial charge on any atom is 0.264 e. The van der Waals surface area contributed by atoms with Gasteiger partial charge in [0.2, 0.25) is 0 Å². The molecule has 28 heavy (non-hydrogen) atoms. The summed E-state index contributed by atoms with van der Waals surface area (Å²) in [7, 11) is -3.70. The number of nitrogens with zero attached hydrogens (tertiary/aromatic N) is 1. The van der Waals surface area contributed by atoms with Gasteiger partial charge in [-0.15, -0.1) is 0 Å². The molecule has 0 aromatic heterocycles. The summed E-state index contributed by atoms with van der Waals surface area (Å²) in [5, 5.41) is 3.29. The first-order valence-electron chi connectivity index (χ1n) is 8.66. The lowest BCUT2D eigenvalue weighted by atomic mass is 10.2. The lowest BCUT2D eigenvalue weighted by Gasteiger charge is -2.23. The van der Waals surface area contributed by atoms with E-state index in [0.717, 1.165) is 0 Å². The number of hydrogen-bond donors (Lipinski definition) is 1. The van der Waals surface area contributed by atoms with E-state index in [1.807, 2.05) is 6.07 Å². The Morgan fingerprint density at radius 1 is 0.929 bits per heavy atom. The number of nitrogens with one attached hydrogen (secondary N) is 1. The van der Waals surface area contributed by atoms with Crippen LogP contribution in [0.5, 0.6) is 0 Å². The molecule has 0 unspecified atom stereocenters. The van der Waals surface area contributed by atoms with Crippen LogP contribution in [0.2, 0.25) is 5.02 Å². The molecule has 5 nitrogen and oxygen atoms in total. The van der Waals surface area contributed by atoms with Gasteiger partial charge in [-0.05, 0) is 67.6 Å². The van der Waals surface area contributed by atoms with Gasteiger partial charge in [-0.25, -0.2) is 8.42 Å². The number of hydrogen-bond acceptors (Lipinski definition) is 3. The van der Waals surface area contributed by atoms with Crippen LogP contribution < -0.4 is 9.62 Å². The second kappa shape index (κ2) is 8.46. The van der Waals surface area contributed by atoms with E-state index >= 15 is 0 Å². The second-order valence-electron chi connectivity index (χ2n) is 5.99. The molecule has 7 heteroatoms. The minimum atomic E-state index is -3.70. The zero-order valence-electron chi connectivity index (χ0n) is 15.2. The van der Waals surface area contributed by atoms with Crippen molar-refractivity contribution in [2.45, 2.75) is 11.8 Å². The molecular weight excluding hydrogens is 396 g/mol. The van der Waals surface area contributed by atoms with Crippen molar-refractivity contribution in [3.05, 3.63) is 89.4 Å². The van der Waals surface area contributed by atoms with Gasteiger partial charge in [-0.1, -0.05) is 29.8 Å². The highest BCUT2D eigenvalue weighted by atomic mass is 35.5. The van der Waals surface area contributed by atoms with E-state index < -0.39 is 10.0 Å². The highest BCUT2D eigenvalue weighted by molar-refractivity contribution is 7.92. The number of rotatable bonds is 6. The highest BCUT2D eigenvalue weighted by Crippen LogP contribution is 2.24. The first-order chi connectivity index (χ1) is 13.4. The minimum absolute atomic E-state index is 0.155. The number of amides is 1. The van der Waals surface area contributed by atoms with Crippen LogP contribution in [0.25, 0.3) is 0 Å². The van der Waals surface area contributed by atoms with E-state index in [1.54, 1.807) is 67.6 Å². The topological polar surface area (TPSA) is 66.5 Å². The molecule has 0 bridgehead atoms. The fourth-order valence-corrected chi connectivity index (χ4v) is 4.33. The fourth-order valence-electron chi connectivity index (χ4n) is 2.73.